The highest BCUT2D eigenvalue weighted by Gasteiger charge is 2.40. The predicted octanol–water partition coefficient (Wildman–Crippen LogP) is 3.40. The van der Waals surface area contributed by atoms with Gasteiger partial charge in [-0.05, 0) is 37.5 Å². The standard InChI is InChI=1S/C21H23N3O3/c1-14-8-6-7-11-17(14)22-19(25)13-12-18-20(26)24(21(27)23-18)15(2)16-9-4-3-5-10-16/h3-11,15,18H,12-13H2,1-2H3,(H,22,25)(H,23,27)/t15-,18+/m0/s1. The summed E-state index contributed by atoms with van der Waals surface area (Å²) in [4.78, 5) is 38.4. The van der Waals surface area contributed by atoms with Crippen LogP contribution in [0.25, 0.3) is 0 Å². The number of hydrogen-bond acceptors (Lipinski definition) is 3. The lowest BCUT2D eigenvalue weighted by Gasteiger charge is -2.21. The van der Waals surface area contributed by atoms with Gasteiger partial charge in [0.2, 0.25) is 5.91 Å². The summed E-state index contributed by atoms with van der Waals surface area (Å²) in [7, 11) is 0. The number of hydrogen-bond donors (Lipinski definition) is 2. The number of rotatable bonds is 6. The molecule has 0 spiro atoms. The molecule has 0 aliphatic carbocycles. The average molecular weight is 365 g/mol. The highest BCUT2D eigenvalue weighted by molar-refractivity contribution is 6.05. The average Bonchev–Trinajstić information content (AvgIpc) is 2.95. The third kappa shape index (κ3) is 4.16. The monoisotopic (exact) mass is 365 g/mol. The largest absolute Gasteiger partial charge is 0.326 e. The first-order valence-electron chi connectivity index (χ1n) is 9.01. The van der Waals surface area contributed by atoms with E-state index in [2.05, 4.69) is 10.6 Å². The zero-order valence-electron chi connectivity index (χ0n) is 15.4. The van der Waals surface area contributed by atoms with Crippen molar-refractivity contribution in [2.45, 2.75) is 38.8 Å². The summed E-state index contributed by atoms with van der Waals surface area (Å²) >= 11 is 0. The molecule has 2 atom stereocenters. The van der Waals surface area contributed by atoms with Crippen LogP contribution in [0.1, 0.15) is 36.9 Å². The molecule has 1 heterocycles. The van der Waals surface area contributed by atoms with Crippen molar-refractivity contribution in [3.05, 3.63) is 65.7 Å². The van der Waals surface area contributed by atoms with E-state index in [-0.39, 0.29) is 30.7 Å². The Morgan fingerprint density at radius 2 is 1.78 bits per heavy atom. The Balaban J connectivity index is 1.59. The lowest BCUT2D eigenvalue weighted by atomic mass is 10.1. The molecular formula is C21H23N3O3. The molecule has 1 saturated heterocycles. The molecule has 2 aromatic rings. The van der Waals surface area contributed by atoms with E-state index in [0.29, 0.717) is 0 Å². The molecule has 0 aromatic heterocycles. The number of nitrogens with one attached hydrogen (secondary N) is 2. The highest BCUT2D eigenvalue weighted by Crippen LogP contribution is 2.25. The first-order valence-corrected chi connectivity index (χ1v) is 9.01. The second-order valence-corrected chi connectivity index (χ2v) is 6.70. The fourth-order valence-electron chi connectivity index (χ4n) is 3.19. The summed E-state index contributed by atoms with van der Waals surface area (Å²) in [5.74, 6) is -0.471. The summed E-state index contributed by atoms with van der Waals surface area (Å²) < 4.78 is 0. The Morgan fingerprint density at radius 1 is 1.11 bits per heavy atom. The van der Waals surface area contributed by atoms with E-state index in [0.717, 1.165) is 16.8 Å². The highest BCUT2D eigenvalue weighted by atomic mass is 16.2. The van der Waals surface area contributed by atoms with E-state index in [4.69, 9.17) is 0 Å². The van der Waals surface area contributed by atoms with Gasteiger partial charge in [-0.3, -0.25) is 14.5 Å². The maximum atomic E-state index is 12.7. The van der Waals surface area contributed by atoms with Crippen molar-refractivity contribution in [2.24, 2.45) is 0 Å². The fraction of sp³-hybridized carbons (Fsp3) is 0.286. The zero-order valence-corrected chi connectivity index (χ0v) is 15.4. The summed E-state index contributed by atoms with van der Waals surface area (Å²) in [6, 6.07) is 15.5. The Morgan fingerprint density at radius 3 is 2.48 bits per heavy atom. The van der Waals surface area contributed by atoms with Crippen LogP contribution in [0.5, 0.6) is 0 Å². The van der Waals surface area contributed by atoms with Gasteiger partial charge in [0, 0.05) is 12.1 Å². The number of imide groups is 1. The summed E-state index contributed by atoms with van der Waals surface area (Å²) in [5.41, 5.74) is 2.61. The fourth-order valence-corrected chi connectivity index (χ4v) is 3.19. The third-order valence-corrected chi connectivity index (χ3v) is 4.80. The lowest BCUT2D eigenvalue weighted by Crippen LogP contribution is -2.34. The van der Waals surface area contributed by atoms with Crippen LogP contribution in [-0.4, -0.2) is 28.8 Å². The van der Waals surface area contributed by atoms with Crippen molar-refractivity contribution in [1.29, 1.82) is 0 Å². The molecule has 27 heavy (non-hydrogen) atoms. The topological polar surface area (TPSA) is 78.5 Å². The summed E-state index contributed by atoms with van der Waals surface area (Å²) in [5, 5.41) is 5.54. The van der Waals surface area contributed by atoms with Crippen LogP contribution in [0.3, 0.4) is 0 Å². The normalized spacial score (nSPS) is 17.6. The Bertz CT molecular complexity index is 851. The minimum absolute atomic E-state index is 0.151. The number of amides is 4. The van der Waals surface area contributed by atoms with Crippen molar-refractivity contribution in [3.8, 4) is 0 Å². The van der Waals surface area contributed by atoms with Gasteiger partial charge in [-0.15, -0.1) is 0 Å². The molecule has 0 unspecified atom stereocenters. The molecule has 6 nitrogen and oxygen atoms in total. The zero-order chi connectivity index (χ0) is 19.4. The molecule has 4 amide bonds. The molecule has 0 bridgehead atoms. The number of carbonyl (C=O) groups excluding carboxylic acids is 3. The number of aryl methyl sites for hydroxylation is 1. The van der Waals surface area contributed by atoms with Crippen molar-refractivity contribution in [2.75, 3.05) is 5.32 Å². The van der Waals surface area contributed by atoms with Gasteiger partial charge in [-0.25, -0.2) is 4.79 Å². The number of nitrogens with zero attached hydrogens (tertiary/aromatic N) is 1. The minimum atomic E-state index is -0.675. The molecule has 6 heteroatoms. The van der Waals surface area contributed by atoms with Gasteiger partial charge in [-0.1, -0.05) is 48.5 Å². The van der Waals surface area contributed by atoms with Crippen molar-refractivity contribution in [1.82, 2.24) is 10.2 Å². The van der Waals surface area contributed by atoms with Crippen LogP contribution in [0.4, 0.5) is 10.5 Å². The second-order valence-electron chi connectivity index (χ2n) is 6.70. The first kappa shape index (κ1) is 18.6. The molecule has 0 radical (unpaired) electrons. The van der Waals surface area contributed by atoms with E-state index in [1.807, 2.05) is 68.4 Å². The minimum Gasteiger partial charge on any atom is -0.326 e. The second kappa shape index (κ2) is 8.03. The Kier molecular flexibility index (Phi) is 5.54. The van der Waals surface area contributed by atoms with E-state index in [1.54, 1.807) is 0 Å². The van der Waals surface area contributed by atoms with E-state index >= 15 is 0 Å². The lowest BCUT2D eigenvalue weighted by molar-refractivity contribution is -0.129. The van der Waals surface area contributed by atoms with Gasteiger partial charge >= 0.3 is 6.03 Å². The number of benzene rings is 2. The number of carbonyl (C=O) groups is 3. The van der Waals surface area contributed by atoms with Crippen LogP contribution in [0.15, 0.2) is 54.6 Å². The van der Waals surface area contributed by atoms with Crippen LogP contribution in [0.2, 0.25) is 0 Å². The molecule has 140 valence electrons. The molecule has 1 aliphatic rings. The molecule has 1 aliphatic heterocycles. The van der Waals surface area contributed by atoms with Crippen LogP contribution < -0.4 is 10.6 Å². The van der Waals surface area contributed by atoms with Crippen molar-refractivity contribution < 1.29 is 14.4 Å². The van der Waals surface area contributed by atoms with E-state index in [9.17, 15) is 14.4 Å². The number of urea groups is 1. The number of para-hydroxylation sites is 1. The SMILES string of the molecule is Cc1ccccc1NC(=O)CC[C@H]1NC(=O)N([C@@H](C)c2ccccc2)C1=O. The third-order valence-electron chi connectivity index (χ3n) is 4.80. The van der Waals surface area contributed by atoms with Gasteiger partial charge in [0.05, 0.1) is 6.04 Å². The Labute approximate surface area is 158 Å². The van der Waals surface area contributed by atoms with E-state index in [1.165, 1.54) is 4.90 Å². The van der Waals surface area contributed by atoms with Gasteiger partial charge in [-0.2, -0.15) is 0 Å². The Hall–Kier alpha value is -3.15. The van der Waals surface area contributed by atoms with Crippen molar-refractivity contribution >= 4 is 23.5 Å². The van der Waals surface area contributed by atoms with Crippen LogP contribution in [0, 0.1) is 6.92 Å². The number of anilines is 1. The molecule has 2 N–H and O–H groups in total. The molecule has 3 rings (SSSR count). The van der Waals surface area contributed by atoms with Gasteiger partial charge in [0.25, 0.3) is 5.91 Å². The smallest absolute Gasteiger partial charge is 0.325 e. The summed E-state index contributed by atoms with van der Waals surface area (Å²) in [6.07, 6.45) is 0.416. The van der Waals surface area contributed by atoms with Gasteiger partial charge < -0.3 is 10.6 Å². The molecule has 0 saturated carbocycles. The maximum Gasteiger partial charge on any atom is 0.325 e. The van der Waals surface area contributed by atoms with Gasteiger partial charge in [0.15, 0.2) is 0 Å². The summed E-state index contributed by atoms with van der Waals surface area (Å²) in [6.45, 7) is 3.74. The maximum absolute atomic E-state index is 12.7. The molecule has 2 aromatic carbocycles. The van der Waals surface area contributed by atoms with Crippen LogP contribution >= 0.6 is 0 Å². The van der Waals surface area contributed by atoms with E-state index < -0.39 is 12.1 Å². The predicted molar refractivity (Wildman–Crippen MR) is 103 cm³/mol. The van der Waals surface area contributed by atoms with Gasteiger partial charge in [0.1, 0.15) is 6.04 Å². The molecular weight excluding hydrogens is 342 g/mol. The quantitative estimate of drug-likeness (QED) is 0.770. The molecule has 1 fully saturated rings. The van der Waals surface area contributed by atoms with Crippen LogP contribution in [-0.2, 0) is 9.59 Å². The van der Waals surface area contributed by atoms with Crippen molar-refractivity contribution in [3.63, 3.8) is 0 Å². The first-order chi connectivity index (χ1) is 13.0.